The van der Waals surface area contributed by atoms with Gasteiger partial charge in [-0.1, -0.05) is 0 Å². The summed E-state index contributed by atoms with van der Waals surface area (Å²) in [4.78, 5) is 0. The summed E-state index contributed by atoms with van der Waals surface area (Å²) in [6.07, 6.45) is 0. The molecule has 0 N–H and O–H groups in total. The molecule has 0 spiro atoms. The molecular formula is C5HCoN5-4. The molecule has 0 bridgehead atoms. The molecule has 59 valence electrons. The van der Waals surface area contributed by atoms with Crippen molar-refractivity contribution in [3.05, 3.63) is 32.9 Å². The summed E-state index contributed by atoms with van der Waals surface area (Å²) in [6, 6.07) is 0. The van der Waals surface area contributed by atoms with Gasteiger partial charge in [0.2, 0.25) is 0 Å². The second kappa shape index (κ2) is 92.2. The number of nitrogens with zero attached hydrogens (tertiary/aromatic N) is 5. The predicted molar refractivity (Wildman–Crippen MR) is 26.0 cm³/mol. The molecule has 6 heteroatoms. The van der Waals surface area contributed by atoms with E-state index >= 15 is 0 Å². The molecule has 0 aromatic carbocycles. The zero-order valence-electron chi connectivity index (χ0n) is 6.07. The summed E-state index contributed by atoms with van der Waals surface area (Å²) in [5.41, 5.74) is 0. The Labute approximate surface area is 78.0 Å². The smallest absolute Gasteiger partial charge is 0.512 e. The fourth-order valence-corrected chi connectivity index (χ4v) is 0. The topological polar surface area (TPSA) is 119 Å². The van der Waals surface area contributed by atoms with E-state index in [2.05, 4.69) is 0 Å². The molecule has 0 aliphatic heterocycles. The summed E-state index contributed by atoms with van der Waals surface area (Å²) in [7, 11) is 0. The molecule has 0 amide bonds. The molecule has 0 fully saturated rings. The Hall–Kier alpha value is -2.04. The van der Waals surface area contributed by atoms with Crippen molar-refractivity contribution in [3.63, 3.8) is 0 Å². The number of rotatable bonds is 0. The van der Waals surface area contributed by atoms with Crippen molar-refractivity contribution in [1.82, 2.24) is 0 Å². The number of hydrogen-bond donors (Lipinski definition) is 0. The van der Waals surface area contributed by atoms with Crippen LogP contribution in [0.1, 0.15) is 1.43 Å². The van der Waals surface area contributed by atoms with Gasteiger partial charge in [0.25, 0.3) is 0 Å². The maximum atomic E-state index is 6.25. The summed E-state index contributed by atoms with van der Waals surface area (Å²) < 4.78 is 0. The molecular weight excluding hydrogens is 189 g/mol. The van der Waals surface area contributed by atoms with Crippen molar-refractivity contribution in [1.29, 1.82) is 26.3 Å². The van der Waals surface area contributed by atoms with Gasteiger partial charge in [0.05, 0.1) is 0 Å². The molecule has 5 nitrogen and oxygen atoms in total. The first-order chi connectivity index (χ1) is 5.00. The first-order valence-corrected chi connectivity index (χ1v) is 1.12. The summed E-state index contributed by atoms with van der Waals surface area (Å²) >= 11 is 0. The van der Waals surface area contributed by atoms with Gasteiger partial charge < -0.3 is 59.2 Å². The minimum absolute atomic E-state index is 0. The third kappa shape index (κ3) is 67.6. The van der Waals surface area contributed by atoms with Crippen molar-refractivity contribution >= 4 is 0 Å². The monoisotopic (exact) mass is 190 g/mol. The van der Waals surface area contributed by atoms with E-state index in [1.165, 1.54) is 0 Å². The second-order valence-electron chi connectivity index (χ2n) is 0. The van der Waals surface area contributed by atoms with Crippen LogP contribution in [-0.4, -0.2) is 0 Å². The molecule has 0 aromatic heterocycles. The van der Waals surface area contributed by atoms with E-state index in [4.69, 9.17) is 59.2 Å². The Morgan fingerprint density at radius 1 is 0.455 bits per heavy atom. The normalized spacial score (nSPS) is 0.909. The first kappa shape index (κ1) is 64.9. The van der Waals surface area contributed by atoms with Crippen molar-refractivity contribution in [2.45, 2.75) is 0 Å². The minimum Gasteiger partial charge on any atom is -0.512 e. The number of hydrogen-bond acceptors (Lipinski definition) is 5. The van der Waals surface area contributed by atoms with Gasteiger partial charge in [-0.05, 0) is 0 Å². The molecule has 0 aromatic rings. The fourth-order valence-electron chi connectivity index (χ4n) is 0. The fraction of sp³-hybridized carbons (Fsp3) is 0. The van der Waals surface area contributed by atoms with Crippen LogP contribution >= 0.6 is 0 Å². The molecule has 0 aliphatic carbocycles. The first-order valence-electron chi connectivity index (χ1n) is 1.12. The van der Waals surface area contributed by atoms with Gasteiger partial charge in [-0.2, -0.15) is 0 Å². The van der Waals surface area contributed by atoms with Gasteiger partial charge in [0.15, 0.2) is 0 Å². The van der Waals surface area contributed by atoms with E-state index in [1.54, 1.807) is 0 Å². The predicted octanol–water partition coefficient (Wildman–Crippen LogP) is 0.592. The Balaban J connectivity index is -0.00000000500. The molecule has 11 heavy (non-hydrogen) atoms. The standard InChI is InChI=1S/5CN.Co/c5*1-2;/q5*-1;/p+1. The van der Waals surface area contributed by atoms with E-state index in [0.717, 1.165) is 0 Å². The van der Waals surface area contributed by atoms with Crippen LogP contribution in [0.15, 0.2) is 0 Å². The summed E-state index contributed by atoms with van der Waals surface area (Å²) in [6.45, 7) is 23.8. The minimum atomic E-state index is 0. The molecule has 0 atom stereocenters. The largest absolute Gasteiger partial charge is 1.00 e. The molecule has 0 aliphatic rings. The van der Waals surface area contributed by atoms with E-state index < -0.39 is 0 Å². The average molecular weight is 190 g/mol. The molecule has 0 saturated carbocycles. The Bertz CT molecular complexity index is 78.4. The molecule has 1 radical (unpaired) electrons. The maximum absolute atomic E-state index is 6.25. The van der Waals surface area contributed by atoms with Crippen LogP contribution in [0.3, 0.4) is 0 Å². The van der Waals surface area contributed by atoms with Gasteiger partial charge in [-0.25, -0.2) is 0 Å². The van der Waals surface area contributed by atoms with Crippen molar-refractivity contribution < 1.29 is 18.2 Å². The van der Waals surface area contributed by atoms with Crippen molar-refractivity contribution in [3.8, 4) is 0 Å². The zero-order valence-corrected chi connectivity index (χ0v) is 6.11. The molecule has 0 saturated heterocycles. The Morgan fingerprint density at radius 2 is 0.455 bits per heavy atom. The summed E-state index contributed by atoms with van der Waals surface area (Å²) in [5.74, 6) is 0. The van der Waals surface area contributed by atoms with Crippen LogP contribution in [0.2, 0.25) is 0 Å². The third-order valence-corrected chi connectivity index (χ3v) is 0. The Kier molecular flexibility index (Phi) is 544. The van der Waals surface area contributed by atoms with Crippen molar-refractivity contribution in [2.24, 2.45) is 0 Å². The van der Waals surface area contributed by atoms with Gasteiger partial charge >= 0.3 is 1.43 Å². The molecule has 0 heterocycles. The van der Waals surface area contributed by atoms with E-state index in [-0.39, 0.29) is 18.2 Å². The van der Waals surface area contributed by atoms with E-state index in [0.29, 0.717) is 0 Å². The Morgan fingerprint density at radius 3 is 0.455 bits per heavy atom. The summed E-state index contributed by atoms with van der Waals surface area (Å²) in [5, 5.41) is 31.2. The van der Waals surface area contributed by atoms with E-state index in [9.17, 15) is 0 Å². The van der Waals surface area contributed by atoms with Crippen LogP contribution in [0.4, 0.5) is 0 Å². The van der Waals surface area contributed by atoms with Gasteiger partial charge in [-0.15, -0.1) is 0 Å². The average Bonchev–Trinajstić information content (AvgIpc) is 2.20. The maximum Gasteiger partial charge on any atom is 1.00 e. The van der Waals surface area contributed by atoms with Crippen LogP contribution in [-0.2, 0) is 16.8 Å². The van der Waals surface area contributed by atoms with Gasteiger partial charge in [-0.3, -0.25) is 0 Å². The van der Waals surface area contributed by atoms with Crippen LogP contribution in [0, 0.1) is 59.2 Å². The quantitative estimate of drug-likeness (QED) is 0.517. The van der Waals surface area contributed by atoms with Crippen LogP contribution in [0.5, 0.6) is 0 Å². The van der Waals surface area contributed by atoms with Gasteiger partial charge in [0.1, 0.15) is 0 Å². The SMILES string of the molecule is [C-]#N.[C-]#N.[C-]#N.[C-]#N.[C-]#N.[Co].[H+]. The third-order valence-electron chi connectivity index (χ3n) is 0. The second-order valence-corrected chi connectivity index (χ2v) is 0. The van der Waals surface area contributed by atoms with Crippen molar-refractivity contribution in [2.75, 3.05) is 0 Å². The zero-order chi connectivity index (χ0) is 10.0. The van der Waals surface area contributed by atoms with Gasteiger partial charge in [0, 0.05) is 16.8 Å². The molecule has 0 rings (SSSR count). The molecule has 0 unspecified atom stereocenters. The van der Waals surface area contributed by atoms with Crippen LogP contribution in [0.25, 0.3) is 0 Å². The van der Waals surface area contributed by atoms with Crippen LogP contribution < -0.4 is 0 Å². The van der Waals surface area contributed by atoms with E-state index in [1.807, 2.05) is 0 Å².